The Labute approximate surface area is 182 Å². The van der Waals surface area contributed by atoms with Gasteiger partial charge >= 0.3 is 0 Å². The summed E-state index contributed by atoms with van der Waals surface area (Å²) in [5.74, 6) is -0.120. The fourth-order valence-electron chi connectivity index (χ4n) is 3.73. The summed E-state index contributed by atoms with van der Waals surface area (Å²) in [7, 11) is 4.26. The molecule has 4 rings (SSSR count). The number of carbonyl (C=O) groups excluding carboxylic acids is 1. The Morgan fingerprint density at radius 2 is 1.90 bits per heavy atom. The van der Waals surface area contributed by atoms with Crippen LogP contribution in [0.25, 0.3) is 0 Å². The van der Waals surface area contributed by atoms with Crippen molar-refractivity contribution in [2.75, 3.05) is 37.4 Å². The van der Waals surface area contributed by atoms with E-state index in [0.29, 0.717) is 23.2 Å². The summed E-state index contributed by atoms with van der Waals surface area (Å²) in [4.78, 5) is 17.3. The minimum Gasteiger partial charge on any atom is -0.370 e. The van der Waals surface area contributed by atoms with E-state index in [1.807, 2.05) is 36.4 Å². The quantitative estimate of drug-likeness (QED) is 0.651. The molecule has 1 unspecified atom stereocenters. The Morgan fingerprint density at radius 1 is 1.17 bits per heavy atom. The highest BCUT2D eigenvalue weighted by atomic mass is 35.5. The smallest absolute Gasteiger partial charge is 0.255 e. The van der Waals surface area contributed by atoms with E-state index in [4.69, 9.17) is 11.6 Å². The molecule has 2 heterocycles. The highest BCUT2D eigenvalue weighted by Crippen LogP contribution is 2.24. The molecule has 1 aromatic heterocycles. The molecule has 1 N–H and O–H groups in total. The summed E-state index contributed by atoms with van der Waals surface area (Å²) in [6.07, 6.45) is 4.56. The average molecular weight is 424 g/mol. The molecule has 156 valence electrons. The third kappa shape index (κ3) is 4.83. The van der Waals surface area contributed by atoms with Crippen LogP contribution in [0.3, 0.4) is 0 Å². The van der Waals surface area contributed by atoms with Gasteiger partial charge in [-0.05, 0) is 62.5 Å². The fourth-order valence-corrected chi connectivity index (χ4v) is 3.89. The lowest BCUT2D eigenvalue weighted by Crippen LogP contribution is -2.31. The molecule has 1 atom stereocenters. The van der Waals surface area contributed by atoms with Crippen molar-refractivity contribution in [1.29, 1.82) is 0 Å². The van der Waals surface area contributed by atoms with Crippen molar-refractivity contribution in [3.8, 4) is 0 Å². The molecule has 0 bridgehead atoms. The van der Waals surface area contributed by atoms with E-state index >= 15 is 0 Å². The van der Waals surface area contributed by atoms with Gasteiger partial charge in [0.25, 0.3) is 5.91 Å². The second-order valence-corrected chi connectivity index (χ2v) is 8.34. The van der Waals surface area contributed by atoms with Crippen LogP contribution in [0, 0.1) is 0 Å². The molecule has 1 aliphatic heterocycles. The van der Waals surface area contributed by atoms with Crippen LogP contribution in [0.5, 0.6) is 0 Å². The van der Waals surface area contributed by atoms with E-state index in [1.54, 1.807) is 17.1 Å². The van der Waals surface area contributed by atoms with Gasteiger partial charge in [0.05, 0.1) is 17.8 Å². The summed E-state index contributed by atoms with van der Waals surface area (Å²) in [5, 5.41) is 7.76. The highest BCUT2D eigenvalue weighted by Gasteiger charge is 2.23. The summed E-state index contributed by atoms with van der Waals surface area (Å²) in [5.41, 5.74) is 3.66. The number of likely N-dealkylation sites (N-methyl/N-ethyl adjacent to an activating group) is 1. The minimum absolute atomic E-state index is 0.120. The lowest BCUT2D eigenvalue weighted by atomic mass is 10.1. The first-order valence-electron chi connectivity index (χ1n) is 10.1. The van der Waals surface area contributed by atoms with Gasteiger partial charge in [0.2, 0.25) is 0 Å². The largest absolute Gasteiger partial charge is 0.370 e. The Morgan fingerprint density at radius 3 is 2.50 bits per heavy atom. The van der Waals surface area contributed by atoms with Crippen molar-refractivity contribution < 1.29 is 4.79 Å². The second-order valence-electron chi connectivity index (χ2n) is 7.91. The molecule has 0 radical (unpaired) electrons. The minimum atomic E-state index is -0.120. The average Bonchev–Trinajstić information content (AvgIpc) is 3.38. The third-order valence-corrected chi connectivity index (χ3v) is 5.74. The molecular formula is C23H26ClN5O. The van der Waals surface area contributed by atoms with Crippen LogP contribution in [0.2, 0.25) is 5.02 Å². The van der Waals surface area contributed by atoms with E-state index in [1.165, 1.54) is 12.1 Å². The number of aromatic nitrogens is 2. The third-order valence-electron chi connectivity index (χ3n) is 5.55. The van der Waals surface area contributed by atoms with Gasteiger partial charge in [0.15, 0.2) is 0 Å². The molecule has 1 saturated heterocycles. The number of nitrogens with one attached hydrogen (secondary N) is 1. The van der Waals surface area contributed by atoms with E-state index in [-0.39, 0.29) is 5.91 Å². The van der Waals surface area contributed by atoms with Crippen LogP contribution in [0.4, 0.5) is 11.4 Å². The van der Waals surface area contributed by atoms with Gasteiger partial charge < -0.3 is 15.1 Å². The predicted molar refractivity (Wildman–Crippen MR) is 121 cm³/mol. The summed E-state index contributed by atoms with van der Waals surface area (Å²) in [6.45, 7) is 2.71. The number of benzene rings is 2. The molecule has 2 aromatic carbocycles. The lowest BCUT2D eigenvalue weighted by molar-refractivity contribution is 0.102. The van der Waals surface area contributed by atoms with E-state index in [2.05, 4.69) is 46.4 Å². The van der Waals surface area contributed by atoms with Crippen LogP contribution >= 0.6 is 11.6 Å². The molecule has 0 spiro atoms. The van der Waals surface area contributed by atoms with Gasteiger partial charge in [-0.1, -0.05) is 23.7 Å². The van der Waals surface area contributed by atoms with Crippen LogP contribution in [0.15, 0.2) is 60.9 Å². The van der Waals surface area contributed by atoms with Gasteiger partial charge in [-0.25, -0.2) is 0 Å². The Balaban J connectivity index is 1.34. The van der Waals surface area contributed by atoms with Gasteiger partial charge in [0, 0.05) is 42.3 Å². The normalized spacial score (nSPS) is 16.3. The maximum Gasteiger partial charge on any atom is 0.255 e. The van der Waals surface area contributed by atoms with Gasteiger partial charge in [0.1, 0.15) is 0 Å². The SMILES string of the molecule is CN(C)C1CCN(c2ccc(NC(=O)c3ccc(Cn4cc(Cl)cn4)cc3)cc2)C1. The molecule has 6 nitrogen and oxygen atoms in total. The molecule has 3 aromatic rings. The Kier molecular flexibility index (Phi) is 6.06. The van der Waals surface area contributed by atoms with Crippen molar-refractivity contribution in [2.45, 2.75) is 19.0 Å². The number of hydrogen-bond acceptors (Lipinski definition) is 4. The molecule has 7 heteroatoms. The predicted octanol–water partition coefficient (Wildman–Crippen LogP) is 3.98. The van der Waals surface area contributed by atoms with Crippen molar-refractivity contribution in [3.05, 3.63) is 77.1 Å². The van der Waals surface area contributed by atoms with Crippen molar-refractivity contribution >= 4 is 28.9 Å². The maximum absolute atomic E-state index is 12.6. The first kappa shape index (κ1) is 20.4. The monoisotopic (exact) mass is 423 g/mol. The first-order valence-corrected chi connectivity index (χ1v) is 10.5. The molecule has 30 heavy (non-hydrogen) atoms. The zero-order valence-corrected chi connectivity index (χ0v) is 18.0. The number of amides is 1. The van der Waals surface area contributed by atoms with Gasteiger partial charge in [-0.2, -0.15) is 5.10 Å². The van der Waals surface area contributed by atoms with Crippen LogP contribution in [-0.4, -0.2) is 53.8 Å². The van der Waals surface area contributed by atoms with Crippen LogP contribution in [0.1, 0.15) is 22.3 Å². The second kappa shape index (κ2) is 8.90. The Bertz CT molecular complexity index is 997. The van der Waals surface area contributed by atoms with Gasteiger partial charge in [-0.3, -0.25) is 9.48 Å². The summed E-state index contributed by atoms with van der Waals surface area (Å²) >= 11 is 5.90. The van der Waals surface area contributed by atoms with Crippen molar-refractivity contribution in [1.82, 2.24) is 14.7 Å². The molecule has 0 aliphatic carbocycles. The summed E-state index contributed by atoms with van der Waals surface area (Å²) < 4.78 is 1.76. The van der Waals surface area contributed by atoms with Gasteiger partial charge in [-0.15, -0.1) is 0 Å². The van der Waals surface area contributed by atoms with E-state index < -0.39 is 0 Å². The molecular weight excluding hydrogens is 398 g/mol. The van der Waals surface area contributed by atoms with Crippen LogP contribution < -0.4 is 10.2 Å². The lowest BCUT2D eigenvalue weighted by Gasteiger charge is -2.22. The van der Waals surface area contributed by atoms with Crippen molar-refractivity contribution in [3.63, 3.8) is 0 Å². The molecule has 0 saturated carbocycles. The zero-order chi connectivity index (χ0) is 21.1. The zero-order valence-electron chi connectivity index (χ0n) is 17.3. The number of halogens is 1. The Hall–Kier alpha value is -2.83. The highest BCUT2D eigenvalue weighted by molar-refractivity contribution is 6.30. The summed E-state index contributed by atoms with van der Waals surface area (Å²) in [6, 6.07) is 16.2. The first-order chi connectivity index (χ1) is 14.5. The molecule has 1 fully saturated rings. The standard InChI is InChI=1S/C23H26ClN5O/c1-27(2)22-11-12-28(16-22)21-9-7-20(8-10-21)26-23(30)18-5-3-17(4-6-18)14-29-15-19(24)13-25-29/h3-10,13,15,22H,11-12,14,16H2,1-2H3,(H,26,30). The molecule has 1 aliphatic rings. The number of nitrogens with zero attached hydrogens (tertiary/aromatic N) is 4. The number of carbonyl (C=O) groups is 1. The number of rotatable bonds is 6. The topological polar surface area (TPSA) is 53.4 Å². The maximum atomic E-state index is 12.6. The fraction of sp³-hybridized carbons (Fsp3) is 0.304. The number of hydrogen-bond donors (Lipinski definition) is 1. The van der Waals surface area contributed by atoms with Crippen LogP contribution in [-0.2, 0) is 6.54 Å². The molecule has 1 amide bonds. The van der Waals surface area contributed by atoms with Crippen molar-refractivity contribution in [2.24, 2.45) is 0 Å². The number of anilines is 2. The van der Waals surface area contributed by atoms with E-state index in [0.717, 1.165) is 24.3 Å². The van der Waals surface area contributed by atoms with E-state index in [9.17, 15) is 4.79 Å².